The highest BCUT2D eigenvalue weighted by molar-refractivity contribution is 6.30. The predicted molar refractivity (Wildman–Crippen MR) is 76.9 cm³/mol. The number of benzene rings is 2. The number of aliphatic hydroxyl groups excluding tert-OH is 1. The molecule has 3 rings (SSSR count). The van der Waals surface area contributed by atoms with Crippen molar-refractivity contribution in [2.75, 3.05) is 0 Å². The molecule has 1 aromatic heterocycles. The molecule has 0 aliphatic heterocycles. The predicted octanol–water partition coefficient (Wildman–Crippen LogP) is 3.00. The molecule has 0 bridgehead atoms. The molecule has 0 spiro atoms. The standard InChI is InChI=1S/C15H12ClN3O/c16-12-8-6-11(7-9-12)15(20)14-10-17-18-19(14)13-4-2-1-3-5-13/h1-10,15,20H. The molecule has 1 atom stereocenters. The maximum atomic E-state index is 10.5. The molecular weight excluding hydrogens is 274 g/mol. The van der Waals surface area contributed by atoms with Crippen LogP contribution in [0.2, 0.25) is 5.02 Å². The summed E-state index contributed by atoms with van der Waals surface area (Å²) < 4.78 is 1.62. The van der Waals surface area contributed by atoms with Crippen LogP contribution in [0.25, 0.3) is 5.69 Å². The van der Waals surface area contributed by atoms with Crippen LogP contribution in [-0.2, 0) is 0 Å². The van der Waals surface area contributed by atoms with Crippen LogP contribution in [0.4, 0.5) is 0 Å². The zero-order chi connectivity index (χ0) is 13.9. The van der Waals surface area contributed by atoms with E-state index in [0.29, 0.717) is 10.7 Å². The van der Waals surface area contributed by atoms with Crippen molar-refractivity contribution in [3.8, 4) is 5.69 Å². The van der Waals surface area contributed by atoms with Gasteiger partial charge in [0.15, 0.2) is 0 Å². The van der Waals surface area contributed by atoms with E-state index in [4.69, 9.17) is 11.6 Å². The lowest BCUT2D eigenvalue weighted by atomic mass is 10.1. The molecule has 100 valence electrons. The van der Waals surface area contributed by atoms with Crippen molar-refractivity contribution < 1.29 is 5.11 Å². The van der Waals surface area contributed by atoms with Crippen LogP contribution in [-0.4, -0.2) is 20.1 Å². The molecule has 2 aromatic carbocycles. The fourth-order valence-corrected chi connectivity index (χ4v) is 2.14. The van der Waals surface area contributed by atoms with E-state index in [1.165, 1.54) is 0 Å². The summed E-state index contributed by atoms with van der Waals surface area (Å²) in [4.78, 5) is 0. The number of rotatable bonds is 3. The van der Waals surface area contributed by atoms with E-state index >= 15 is 0 Å². The summed E-state index contributed by atoms with van der Waals surface area (Å²) >= 11 is 5.86. The average Bonchev–Trinajstić information content (AvgIpc) is 2.97. The van der Waals surface area contributed by atoms with E-state index in [1.807, 2.05) is 30.3 Å². The molecule has 0 aliphatic rings. The third kappa shape index (κ3) is 2.43. The molecule has 0 fully saturated rings. The van der Waals surface area contributed by atoms with Gasteiger partial charge in [-0.1, -0.05) is 47.1 Å². The third-order valence-corrected chi connectivity index (χ3v) is 3.29. The normalized spacial score (nSPS) is 12.3. The van der Waals surface area contributed by atoms with Crippen molar-refractivity contribution in [2.45, 2.75) is 6.10 Å². The van der Waals surface area contributed by atoms with Crippen LogP contribution in [0.1, 0.15) is 17.4 Å². The first kappa shape index (κ1) is 12.8. The molecule has 0 saturated heterocycles. The Balaban J connectivity index is 1.99. The zero-order valence-electron chi connectivity index (χ0n) is 10.5. The summed E-state index contributed by atoms with van der Waals surface area (Å²) in [7, 11) is 0. The van der Waals surface area contributed by atoms with E-state index < -0.39 is 6.10 Å². The highest BCUT2D eigenvalue weighted by Crippen LogP contribution is 2.24. The second-order valence-corrected chi connectivity index (χ2v) is 4.80. The molecule has 20 heavy (non-hydrogen) atoms. The van der Waals surface area contributed by atoms with Crippen LogP contribution in [0, 0.1) is 0 Å². The first-order valence-electron chi connectivity index (χ1n) is 6.15. The highest BCUT2D eigenvalue weighted by atomic mass is 35.5. The fourth-order valence-electron chi connectivity index (χ4n) is 2.02. The second-order valence-electron chi connectivity index (χ2n) is 4.36. The number of hydrogen-bond donors (Lipinski definition) is 1. The molecule has 3 aromatic rings. The van der Waals surface area contributed by atoms with Gasteiger partial charge in [0, 0.05) is 5.02 Å². The van der Waals surface area contributed by atoms with Crippen LogP contribution >= 0.6 is 11.6 Å². The Bertz CT molecular complexity index is 695. The first-order chi connectivity index (χ1) is 9.75. The van der Waals surface area contributed by atoms with Crippen LogP contribution in [0.3, 0.4) is 0 Å². The number of nitrogens with zero attached hydrogens (tertiary/aromatic N) is 3. The lowest BCUT2D eigenvalue weighted by Crippen LogP contribution is -2.08. The van der Waals surface area contributed by atoms with Crippen molar-refractivity contribution in [1.82, 2.24) is 15.0 Å². The van der Waals surface area contributed by atoms with Crippen LogP contribution < -0.4 is 0 Å². The molecule has 0 amide bonds. The van der Waals surface area contributed by atoms with Gasteiger partial charge in [0.25, 0.3) is 0 Å². The van der Waals surface area contributed by atoms with Crippen molar-refractivity contribution >= 4 is 11.6 Å². The Hall–Kier alpha value is -2.17. The molecule has 5 heteroatoms. The highest BCUT2D eigenvalue weighted by Gasteiger charge is 2.17. The second kappa shape index (κ2) is 5.45. The molecule has 0 saturated carbocycles. The first-order valence-corrected chi connectivity index (χ1v) is 6.53. The van der Waals surface area contributed by atoms with Gasteiger partial charge >= 0.3 is 0 Å². The largest absolute Gasteiger partial charge is 0.382 e. The van der Waals surface area contributed by atoms with Gasteiger partial charge in [-0.3, -0.25) is 0 Å². The quantitative estimate of drug-likeness (QED) is 0.805. The lowest BCUT2D eigenvalue weighted by Gasteiger charge is -2.12. The molecule has 1 N–H and O–H groups in total. The van der Waals surface area contributed by atoms with Crippen molar-refractivity contribution in [2.24, 2.45) is 0 Å². The lowest BCUT2D eigenvalue weighted by molar-refractivity contribution is 0.212. The van der Waals surface area contributed by atoms with Gasteiger partial charge < -0.3 is 5.11 Å². The zero-order valence-corrected chi connectivity index (χ0v) is 11.3. The minimum Gasteiger partial charge on any atom is -0.382 e. The summed E-state index contributed by atoms with van der Waals surface area (Å²) in [6.07, 6.45) is 0.759. The summed E-state index contributed by atoms with van der Waals surface area (Å²) in [5, 5.41) is 19.0. The van der Waals surface area contributed by atoms with Gasteiger partial charge in [0.2, 0.25) is 0 Å². The van der Waals surface area contributed by atoms with Gasteiger partial charge in [-0.25, -0.2) is 4.68 Å². The van der Waals surface area contributed by atoms with Crippen LogP contribution in [0.15, 0.2) is 60.8 Å². The summed E-state index contributed by atoms with van der Waals surface area (Å²) in [6.45, 7) is 0. The number of halogens is 1. The maximum absolute atomic E-state index is 10.5. The van der Waals surface area contributed by atoms with E-state index in [9.17, 15) is 5.11 Å². The van der Waals surface area contributed by atoms with Crippen molar-refractivity contribution in [3.63, 3.8) is 0 Å². The van der Waals surface area contributed by atoms with Gasteiger partial charge in [-0.15, -0.1) is 5.10 Å². The number of para-hydroxylation sites is 1. The number of hydrogen-bond acceptors (Lipinski definition) is 3. The van der Waals surface area contributed by atoms with Crippen LogP contribution in [0.5, 0.6) is 0 Å². The van der Waals surface area contributed by atoms with Crippen molar-refractivity contribution in [3.05, 3.63) is 77.1 Å². The Kier molecular flexibility index (Phi) is 3.50. The Morgan fingerprint density at radius 3 is 2.40 bits per heavy atom. The minimum atomic E-state index is -0.803. The van der Waals surface area contributed by atoms with Crippen molar-refractivity contribution in [1.29, 1.82) is 0 Å². The summed E-state index contributed by atoms with van der Waals surface area (Å²) in [5.74, 6) is 0. The van der Waals surface area contributed by atoms with Gasteiger partial charge in [-0.2, -0.15) is 0 Å². The summed E-state index contributed by atoms with van der Waals surface area (Å²) in [5.41, 5.74) is 2.21. The monoisotopic (exact) mass is 285 g/mol. The Labute approximate surface area is 121 Å². The van der Waals surface area contributed by atoms with Gasteiger partial charge in [-0.05, 0) is 29.8 Å². The van der Waals surface area contributed by atoms with E-state index in [0.717, 1.165) is 11.3 Å². The number of aromatic nitrogens is 3. The van der Waals surface area contributed by atoms with E-state index in [2.05, 4.69) is 10.3 Å². The molecule has 1 unspecified atom stereocenters. The summed E-state index contributed by atoms with van der Waals surface area (Å²) in [6, 6.07) is 16.6. The van der Waals surface area contributed by atoms with Gasteiger partial charge in [0.1, 0.15) is 6.10 Å². The van der Waals surface area contributed by atoms with Gasteiger partial charge in [0.05, 0.1) is 17.6 Å². The maximum Gasteiger partial charge on any atom is 0.123 e. The molecule has 0 radical (unpaired) electrons. The SMILES string of the molecule is OC(c1ccc(Cl)cc1)c1cnnn1-c1ccccc1. The molecule has 1 heterocycles. The topological polar surface area (TPSA) is 50.9 Å². The third-order valence-electron chi connectivity index (χ3n) is 3.04. The average molecular weight is 286 g/mol. The molecule has 4 nitrogen and oxygen atoms in total. The Morgan fingerprint density at radius 1 is 1.00 bits per heavy atom. The number of aliphatic hydroxyl groups is 1. The fraction of sp³-hybridized carbons (Fsp3) is 0.0667. The molecule has 0 aliphatic carbocycles. The smallest absolute Gasteiger partial charge is 0.123 e. The van der Waals surface area contributed by atoms with E-state index in [1.54, 1.807) is 35.1 Å². The van der Waals surface area contributed by atoms with E-state index in [-0.39, 0.29) is 0 Å². The minimum absolute atomic E-state index is 0.610. The molecular formula is C15H12ClN3O. The Morgan fingerprint density at radius 2 is 1.70 bits per heavy atom.